The van der Waals surface area contributed by atoms with Crippen LogP contribution in [0, 0.1) is 6.92 Å². The molecule has 1 aromatic rings. The molecule has 0 nitrogen and oxygen atoms in total. The first-order valence-electron chi connectivity index (χ1n) is 4.44. The average Bonchev–Trinajstić information content (AvgIpc) is 2.51. The molecule has 0 bridgehead atoms. The molecular formula is C11H12Cl2Zr. The number of aryl methyl sites for hydroxylation is 1. The number of allylic oxidation sites excluding steroid dienone is 1. The van der Waals surface area contributed by atoms with Crippen LogP contribution in [0.15, 0.2) is 24.3 Å². The van der Waals surface area contributed by atoms with Gasteiger partial charge in [-0.05, 0) is 23.6 Å². The van der Waals surface area contributed by atoms with E-state index in [2.05, 4.69) is 44.2 Å². The molecule has 0 aromatic heterocycles. The summed E-state index contributed by atoms with van der Waals surface area (Å²) >= 11 is -0.826. The van der Waals surface area contributed by atoms with Gasteiger partial charge < -0.3 is 0 Å². The second kappa shape index (κ2) is 6.10. The van der Waals surface area contributed by atoms with Crippen LogP contribution in [0.4, 0.5) is 0 Å². The standard InChI is InChI=1S/C11H12.2ClH.Zr/c1-8-4-3-5-10-7-6-9(2)11(8)10;;;/h3-7,9H,1-2H3;2*1H;/q;;;+2/p-2. The van der Waals surface area contributed by atoms with Gasteiger partial charge in [0.25, 0.3) is 0 Å². The van der Waals surface area contributed by atoms with Gasteiger partial charge >= 0.3 is 37.9 Å². The number of benzene rings is 1. The Hall–Kier alpha value is 0.423. The Balaban J connectivity index is 0.000000293. The molecule has 74 valence electrons. The first-order chi connectivity index (χ1) is 6.70. The van der Waals surface area contributed by atoms with E-state index in [-0.39, 0.29) is 0 Å². The van der Waals surface area contributed by atoms with Crippen LogP contribution < -0.4 is 0 Å². The monoisotopic (exact) mass is 304 g/mol. The fourth-order valence-corrected chi connectivity index (χ4v) is 1.81. The predicted octanol–water partition coefficient (Wildman–Crippen LogP) is 4.50. The number of hydrogen-bond acceptors (Lipinski definition) is 0. The normalized spacial score (nSPS) is 17.0. The quantitative estimate of drug-likeness (QED) is 0.662. The van der Waals surface area contributed by atoms with Gasteiger partial charge in [0.2, 0.25) is 0 Å². The van der Waals surface area contributed by atoms with Crippen molar-refractivity contribution in [2.24, 2.45) is 0 Å². The molecule has 3 heteroatoms. The SMILES string of the molecule is Cc1cccc2c1C(C)C=C2.[Cl][Zr][Cl]. The molecule has 0 saturated carbocycles. The summed E-state index contributed by atoms with van der Waals surface area (Å²) in [4.78, 5) is 0. The molecule has 0 saturated heterocycles. The zero-order valence-corrected chi connectivity index (χ0v) is 12.2. The number of hydrogen-bond donors (Lipinski definition) is 0. The third-order valence-electron chi connectivity index (χ3n) is 2.38. The van der Waals surface area contributed by atoms with Crippen LogP contribution in [-0.4, -0.2) is 0 Å². The fourth-order valence-electron chi connectivity index (χ4n) is 1.81. The van der Waals surface area contributed by atoms with E-state index < -0.39 is 20.8 Å². The van der Waals surface area contributed by atoms with Crippen LogP contribution in [0.1, 0.15) is 29.5 Å². The minimum atomic E-state index is -0.826. The molecule has 0 amide bonds. The second-order valence-electron chi connectivity index (χ2n) is 3.30. The summed E-state index contributed by atoms with van der Waals surface area (Å²) in [6.45, 7) is 4.43. The van der Waals surface area contributed by atoms with Crippen molar-refractivity contribution >= 4 is 23.1 Å². The molecule has 1 aliphatic carbocycles. The molecule has 1 aliphatic rings. The fraction of sp³-hybridized carbons (Fsp3) is 0.273. The van der Waals surface area contributed by atoms with E-state index in [1.165, 1.54) is 16.7 Å². The minimum absolute atomic E-state index is 0.617. The van der Waals surface area contributed by atoms with Gasteiger partial charge in [0.1, 0.15) is 0 Å². The van der Waals surface area contributed by atoms with Gasteiger partial charge in [-0.2, -0.15) is 0 Å². The summed E-state index contributed by atoms with van der Waals surface area (Å²) in [6, 6.07) is 6.49. The summed E-state index contributed by atoms with van der Waals surface area (Å²) in [5.41, 5.74) is 4.32. The summed E-state index contributed by atoms with van der Waals surface area (Å²) in [6.07, 6.45) is 4.48. The van der Waals surface area contributed by atoms with Gasteiger partial charge in [0.05, 0.1) is 0 Å². The van der Waals surface area contributed by atoms with Crippen LogP contribution in [0.3, 0.4) is 0 Å². The summed E-state index contributed by atoms with van der Waals surface area (Å²) in [5, 5.41) is 0. The molecule has 0 N–H and O–H groups in total. The predicted molar refractivity (Wildman–Crippen MR) is 60.3 cm³/mol. The van der Waals surface area contributed by atoms with E-state index in [1.54, 1.807) is 0 Å². The van der Waals surface area contributed by atoms with Gasteiger partial charge in [-0.3, -0.25) is 0 Å². The third-order valence-corrected chi connectivity index (χ3v) is 2.38. The summed E-state index contributed by atoms with van der Waals surface area (Å²) in [7, 11) is 9.87. The second-order valence-corrected chi connectivity index (χ2v) is 7.03. The molecule has 14 heavy (non-hydrogen) atoms. The van der Waals surface area contributed by atoms with Crippen molar-refractivity contribution < 1.29 is 20.8 Å². The van der Waals surface area contributed by atoms with Crippen LogP contribution >= 0.6 is 17.0 Å². The van der Waals surface area contributed by atoms with Crippen LogP contribution in [-0.2, 0) is 20.8 Å². The Bertz CT molecular complexity index is 334. The van der Waals surface area contributed by atoms with Crippen molar-refractivity contribution in [3.05, 3.63) is 41.0 Å². The molecule has 1 unspecified atom stereocenters. The third kappa shape index (κ3) is 2.95. The Morgan fingerprint density at radius 1 is 1.29 bits per heavy atom. The zero-order valence-electron chi connectivity index (χ0n) is 8.22. The molecule has 0 heterocycles. The molecule has 2 rings (SSSR count). The van der Waals surface area contributed by atoms with E-state index in [0.29, 0.717) is 5.92 Å². The maximum absolute atomic E-state index is 4.93. The first kappa shape index (κ1) is 12.5. The van der Waals surface area contributed by atoms with Crippen molar-refractivity contribution in [3.63, 3.8) is 0 Å². The molecule has 0 radical (unpaired) electrons. The van der Waals surface area contributed by atoms with Crippen LogP contribution in [0.25, 0.3) is 6.08 Å². The van der Waals surface area contributed by atoms with Gasteiger partial charge in [0.15, 0.2) is 0 Å². The molecular weight excluding hydrogens is 294 g/mol. The summed E-state index contributed by atoms with van der Waals surface area (Å²) in [5.74, 6) is 0.617. The van der Waals surface area contributed by atoms with E-state index in [0.717, 1.165) is 0 Å². The van der Waals surface area contributed by atoms with Crippen molar-refractivity contribution in [3.8, 4) is 0 Å². The molecule has 0 aliphatic heterocycles. The van der Waals surface area contributed by atoms with E-state index in [4.69, 9.17) is 17.0 Å². The van der Waals surface area contributed by atoms with E-state index >= 15 is 0 Å². The topological polar surface area (TPSA) is 0 Å². The van der Waals surface area contributed by atoms with Gasteiger partial charge in [-0.1, -0.05) is 37.3 Å². The van der Waals surface area contributed by atoms with Crippen LogP contribution in [0.2, 0.25) is 0 Å². The average molecular weight is 306 g/mol. The Morgan fingerprint density at radius 2 is 1.93 bits per heavy atom. The zero-order chi connectivity index (χ0) is 10.6. The first-order valence-corrected chi connectivity index (χ1v) is 10.8. The Labute approximate surface area is 104 Å². The molecule has 0 spiro atoms. The van der Waals surface area contributed by atoms with Gasteiger partial charge in [-0.25, -0.2) is 0 Å². The van der Waals surface area contributed by atoms with Crippen molar-refractivity contribution in [1.82, 2.24) is 0 Å². The maximum atomic E-state index is 4.93. The molecule has 1 aromatic carbocycles. The van der Waals surface area contributed by atoms with Gasteiger partial charge in [-0.15, -0.1) is 0 Å². The number of rotatable bonds is 0. The van der Waals surface area contributed by atoms with E-state index in [1.807, 2.05) is 0 Å². The van der Waals surface area contributed by atoms with E-state index in [9.17, 15) is 0 Å². The summed E-state index contributed by atoms with van der Waals surface area (Å²) < 4.78 is 0. The van der Waals surface area contributed by atoms with Crippen molar-refractivity contribution in [2.75, 3.05) is 0 Å². The van der Waals surface area contributed by atoms with Crippen LogP contribution in [0.5, 0.6) is 0 Å². The number of fused-ring (bicyclic) bond motifs is 1. The van der Waals surface area contributed by atoms with Gasteiger partial charge in [0, 0.05) is 5.92 Å². The Morgan fingerprint density at radius 3 is 2.50 bits per heavy atom. The van der Waals surface area contributed by atoms with Crippen molar-refractivity contribution in [1.29, 1.82) is 0 Å². The molecule has 1 atom stereocenters. The van der Waals surface area contributed by atoms with Crippen molar-refractivity contribution in [2.45, 2.75) is 19.8 Å². The number of halogens is 2. The Kier molecular flexibility index (Phi) is 5.45. The molecule has 0 fully saturated rings.